The van der Waals surface area contributed by atoms with Crippen molar-refractivity contribution in [2.24, 2.45) is 5.73 Å². The SMILES string of the molecule is NCCCCCO[C@H]1O[C@H](CO)[C@@H](O[C@@H]2O[C@H](CO)[C@@H](O[C@@H]3O[C@H](C(=O)O)[C@@H](O[C@H]4O[C@H](CO)[C@H](O)[C@H](O)[C@H]4O)[C@H](O)[C@H]3O)[C@H](O)[C@H]2O)[C@H](O)[C@H]1O. The number of rotatable bonds is 16. The molecule has 0 saturated carbocycles. The fraction of sp³-hybridized carbons (Fsp3) is 0.966. The van der Waals surface area contributed by atoms with Gasteiger partial charge in [-0.25, -0.2) is 4.79 Å². The minimum absolute atomic E-state index is 0.143. The molecule has 15 N–H and O–H groups in total. The smallest absolute Gasteiger partial charge is 0.335 e. The molecule has 4 heterocycles. The summed E-state index contributed by atoms with van der Waals surface area (Å²) in [5.41, 5.74) is 5.46. The number of carboxylic acids is 1. The van der Waals surface area contributed by atoms with Crippen molar-refractivity contribution >= 4 is 5.97 Å². The van der Waals surface area contributed by atoms with E-state index in [1.807, 2.05) is 0 Å². The number of aliphatic carboxylic acids is 1. The van der Waals surface area contributed by atoms with Crippen LogP contribution in [-0.2, 0) is 42.7 Å². The van der Waals surface area contributed by atoms with Crippen LogP contribution in [0.15, 0.2) is 0 Å². The highest BCUT2D eigenvalue weighted by molar-refractivity contribution is 5.73. The lowest BCUT2D eigenvalue weighted by molar-refractivity contribution is -0.385. The molecule has 0 aromatic carbocycles. The number of aliphatic hydroxyl groups excluding tert-OH is 12. The maximum atomic E-state index is 12.2. The molecule has 4 aliphatic rings. The zero-order valence-corrected chi connectivity index (χ0v) is 27.8. The Morgan fingerprint density at radius 1 is 0.500 bits per heavy atom. The van der Waals surface area contributed by atoms with Gasteiger partial charge in [0.1, 0.15) is 91.6 Å². The van der Waals surface area contributed by atoms with E-state index in [0.29, 0.717) is 13.0 Å². The molecule has 4 aliphatic heterocycles. The highest BCUT2D eigenvalue weighted by Gasteiger charge is 2.56. The Hall–Kier alpha value is -1.37. The summed E-state index contributed by atoms with van der Waals surface area (Å²) in [4.78, 5) is 12.2. The van der Waals surface area contributed by atoms with E-state index in [-0.39, 0.29) is 6.61 Å². The molecule has 0 aromatic rings. The third kappa shape index (κ3) is 9.52. The summed E-state index contributed by atoms with van der Waals surface area (Å²) in [6.45, 7) is -1.94. The number of carbonyl (C=O) groups is 1. The predicted octanol–water partition coefficient (Wildman–Crippen LogP) is -8.50. The molecule has 0 bridgehead atoms. The predicted molar refractivity (Wildman–Crippen MR) is 161 cm³/mol. The van der Waals surface area contributed by atoms with Crippen molar-refractivity contribution in [2.75, 3.05) is 33.0 Å². The number of unbranched alkanes of at least 4 members (excludes halogenated alkanes) is 2. The average Bonchev–Trinajstić information content (AvgIpc) is 3.13. The highest BCUT2D eigenvalue weighted by Crippen LogP contribution is 2.34. The van der Waals surface area contributed by atoms with Crippen molar-refractivity contribution in [3.8, 4) is 0 Å². The molecule has 4 fully saturated rings. The fourth-order valence-electron chi connectivity index (χ4n) is 6.26. The molecular formula is C29H51NO22. The van der Waals surface area contributed by atoms with Gasteiger partial charge in [-0.2, -0.15) is 0 Å². The standard InChI is InChI=1S/C29H51NO22/c30-4-2-1-3-5-45-26-18(40)14(36)21(10(7-32)47-26)49-28-19(41)15(37)22(11(8-33)48-28)50-29-20(42)16(38)23(24(52-29)25(43)44)51-27-17(39)13(35)12(34)9(6-31)46-27/h9-24,26-29,31-42H,1-8,30H2,(H,43,44)/t9-,10-,11-,12+,13+,14-,15-,16-,17-,18-,19-,20-,21-,22-,23+,24+,26+,27-,28+,29-/m1/s1. The van der Waals surface area contributed by atoms with Crippen LogP contribution in [0.5, 0.6) is 0 Å². The Kier molecular flexibility index (Phi) is 16.2. The molecule has 304 valence electrons. The lowest BCUT2D eigenvalue weighted by atomic mass is 9.95. The zero-order chi connectivity index (χ0) is 38.4. The van der Waals surface area contributed by atoms with Crippen LogP contribution in [0.4, 0.5) is 0 Å². The summed E-state index contributed by atoms with van der Waals surface area (Å²) in [5.74, 6) is -1.80. The van der Waals surface area contributed by atoms with E-state index in [2.05, 4.69) is 0 Å². The fourth-order valence-corrected chi connectivity index (χ4v) is 6.26. The Balaban J connectivity index is 1.41. The first kappa shape index (κ1) is 43.4. The van der Waals surface area contributed by atoms with Gasteiger partial charge in [0, 0.05) is 6.61 Å². The molecule has 0 spiro atoms. The second kappa shape index (κ2) is 19.5. The molecule has 20 atom stereocenters. The molecule has 0 unspecified atom stereocenters. The first-order valence-electron chi connectivity index (χ1n) is 16.8. The van der Waals surface area contributed by atoms with Crippen LogP contribution in [0.25, 0.3) is 0 Å². The number of hydrogen-bond donors (Lipinski definition) is 14. The second-order valence-electron chi connectivity index (χ2n) is 12.9. The summed E-state index contributed by atoms with van der Waals surface area (Å²) >= 11 is 0. The van der Waals surface area contributed by atoms with Crippen molar-refractivity contribution in [1.82, 2.24) is 0 Å². The van der Waals surface area contributed by atoms with Crippen LogP contribution in [0.2, 0.25) is 0 Å². The Morgan fingerprint density at radius 2 is 0.923 bits per heavy atom. The van der Waals surface area contributed by atoms with E-state index >= 15 is 0 Å². The van der Waals surface area contributed by atoms with Crippen molar-refractivity contribution in [2.45, 2.75) is 142 Å². The number of hydrogen-bond acceptors (Lipinski definition) is 22. The molecule has 23 nitrogen and oxygen atoms in total. The topological polar surface area (TPSA) is 380 Å². The van der Waals surface area contributed by atoms with Crippen LogP contribution in [0, 0.1) is 0 Å². The van der Waals surface area contributed by atoms with Gasteiger partial charge in [-0.3, -0.25) is 0 Å². The maximum absolute atomic E-state index is 12.2. The summed E-state index contributed by atoms with van der Waals surface area (Å²) in [7, 11) is 0. The van der Waals surface area contributed by atoms with E-state index in [9.17, 15) is 71.2 Å². The lowest BCUT2D eigenvalue weighted by Crippen LogP contribution is -2.68. The van der Waals surface area contributed by atoms with Gasteiger partial charge in [0.15, 0.2) is 31.3 Å². The Bertz CT molecular complexity index is 1090. The molecule has 4 rings (SSSR count). The van der Waals surface area contributed by atoms with E-state index in [1.165, 1.54) is 0 Å². The van der Waals surface area contributed by atoms with Crippen LogP contribution in [0.3, 0.4) is 0 Å². The van der Waals surface area contributed by atoms with E-state index < -0.39 is 149 Å². The van der Waals surface area contributed by atoms with Crippen LogP contribution in [0.1, 0.15) is 19.3 Å². The number of aliphatic hydroxyl groups is 12. The van der Waals surface area contributed by atoms with Gasteiger partial charge in [0.2, 0.25) is 0 Å². The summed E-state index contributed by atoms with van der Waals surface area (Å²) in [6, 6.07) is 0. The molecule has 4 saturated heterocycles. The third-order valence-corrected chi connectivity index (χ3v) is 9.28. The third-order valence-electron chi connectivity index (χ3n) is 9.28. The van der Waals surface area contributed by atoms with E-state index in [4.69, 9.17) is 43.6 Å². The highest BCUT2D eigenvalue weighted by atomic mass is 16.8. The monoisotopic (exact) mass is 765 g/mol. The molecule has 0 radical (unpaired) electrons. The quantitative estimate of drug-likeness (QED) is 0.0649. The van der Waals surface area contributed by atoms with E-state index in [0.717, 1.165) is 12.8 Å². The van der Waals surface area contributed by atoms with E-state index in [1.54, 1.807) is 0 Å². The van der Waals surface area contributed by atoms with Gasteiger partial charge < -0.3 is 110 Å². The van der Waals surface area contributed by atoms with Crippen molar-refractivity contribution < 1.29 is 109 Å². The van der Waals surface area contributed by atoms with Crippen LogP contribution in [-0.4, -0.2) is 228 Å². The van der Waals surface area contributed by atoms with Gasteiger partial charge >= 0.3 is 5.97 Å². The normalized spacial score (nSPS) is 47.3. The Labute approximate surface area is 296 Å². The minimum atomic E-state index is -2.20. The van der Waals surface area contributed by atoms with Crippen molar-refractivity contribution in [3.63, 3.8) is 0 Å². The Morgan fingerprint density at radius 3 is 1.42 bits per heavy atom. The molecule has 23 heteroatoms. The number of carboxylic acid groups (broad SMARTS) is 1. The average molecular weight is 766 g/mol. The minimum Gasteiger partial charge on any atom is -0.479 e. The van der Waals surface area contributed by atoms with Gasteiger partial charge in [-0.1, -0.05) is 0 Å². The lowest BCUT2D eigenvalue weighted by Gasteiger charge is -2.48. The molecule has 0 aliphatic carbocycles. The molecule has 0 aromatic heterocycles. The van der Waals surface area contributed by atoms with Crippen molar-refractivity contribution in [1.29, 1.82) is 0 Å². The van der Waals surface area contributed by atoms with Gasteiger partial charge in [-0.05, 0) is 25.8 Å². The van der Waals surface area contributed by atoms with Gasteiger partial charge in [0.05, 0.1) is 19.8 Å². The van der Waals surface area contributed by atoms with Crippen LogP contribution >= 0.6 is 0 Å². The molecule has 52 heavy (non-hydrogen) atoms. The van der Waals surface area contributed by atoms with Crippen molar-refractivity contribution in [3.05, 3.63) is 0 Å². The largest absolute Gasteiger partial charge is 0.479 e. The number of ether oxygens (including phenoxy) is 8. The summed E-state index contributed by atoms with van der Waals surface area (Å²) in [6.07, 6.45) is -34.9. The molecule has 0 amide bonds. The summed E-state index contributed by atoms with van der Waals surface area (Å²) in [5, 5.41) is 135. The zero-order valence-electron chi connectivity index (χ0n) is 27.8. The first-order chi connectivity index (χ1) is 24.7. The number of nitrogens with two attached hydrogens (primary N) is 1. The van der Waals surface area contributed by atoms with Gasteiger partial charge in [0.25, 0.3) is 0 Å². The van der Waals surface area contributed by atoms with Crippen LogP contribution < -0.4 is 5.73 Å². The summed E-state index contributed by atoms with van der Waals surface area (Å²) < 4.78 is 43.7. The first-order valence-corrected chi connectivity index (χ1v) is 16.8. The second-order valence-corrected chi connectivity index (χ2v) is 12.9. The van der Waals surface area contributed by atoms with Gasteiger partial charge in [-0.15, -0.1) is 0 Å². The molecular weight excluding hydrogens is 714 g/mol. The maximum Gasteiger partial charge on any atom is 0.335 e.